The second-order valence-corrected chi connectivity index (χ2v) is 5.24. The summed E-state index contributed by atoms with van der Waals surface area (Å²) in [7, 11) is -2.12. The Kier molecular flexibility index (Phi) is 5.13. The number of aryl methyl sites for hydroxylation is 1. The molecule has 0 spiro atoms. The molecule has 1 unspecified atom stereocenters. The standard InChI is InChI=1S/C10H11N2O2P.K/c1-12-8-7-11-10(12)15(13,14)9-5-3-2-4-6-9;/h2-8H,1H3,(H,13,14);/q;+1/p-1. The third kappa shape index (κ3) is 2.74. The van der Waals surface area contributed by atoms with E-state index in [1.165, 1.54) is 10.8 Å². The summed E-state index contributed by atoms with van der Waals surface area (Å²) in [6.07, 6.45) is 3.09. The number of hydrogen-bond donors (Lipinski definition) is 0. The molecule has 0 aliphatic heterocycles. The summed E-state index contributed by atoms with van der Waals surface area (Å²) in [5.41, 5.74) is 0.0914. The third-order valence-corrected chi connectivity index (χ3v) is 4.09. The van der Waals surface area contributed by atoms with Gasteiger partial charge in [-0.25, -0.2) is 4.98 Å². The first kappa shape index (κ1) is 14.3. The predicted octanol–water partition coefficient (Wildman–Crippen LogP) is -2.99. The first-order valence-electron chi connectivity index (χ1n) is 4.47. The Labute approximate surface area is 137 Å². The van der Waals surface area contributed by atoms with Crippen LogP contribution in [-0.2, 0) is 11.6 Å². The topological polar surface area (TPSA) is 58.0 Å². The Morgan fingerprint density at radius 2 is 1.94 bits per heavy atom. The van der Waals surface area contributed by atoms with Gasteiger partial charge < -0.3 is 14.0 Å². The van der Waals surface area contributed by atoms with Crippen molar-refractivity contribution in [3.8, 4) is 0 Å². The normalized spacial score (nSPS) is 13.9. The number of nitrogens with zero attached hydrogens (tertiary/aromatic N) is 2. The van der Waals surface area contributed by atoms with Crippen molar-refractivity contribution in [2.24, 2.45) is 7.05 Å². The Hall–Kier alpha value is 0.256. The van der Waals surface area contributed by atoms with Crippen LogP contribution in [-0.4, -0.2) is 9.55 Å². The summed E-state index contributed by atoms with van der Waals surface area (Å²) in [6, 6.07) is 8.32. The van der Waals surface area contributed by atoms with E-state index in [2.05, 4.69) is 4.98 Å². The zero-order chi connectivity index (χ0) is 10.9. The average Bonchev–Trinajstić information content (AvgIpc) is 2.66. The van der Waals surface area contributed by atoms with Crippen molar-refractivity contribution >= 4 is 18.2 Å². The molecule has 0 radical (unpaired) electrons. The molecule has 0 N–H and O–H groups in total. The molecule has 1 aromatic heterocycles. The van der Waals surface area contributed by atoms with Crippen LogP contribution in [0.1, 0.15) is 0 Å². The number of rotatable bonds is 2. The minimum atomic E-state index is -3.79. The van der Waals surface area contributed by atoms with Crippen LogP contribution in [0, 0.1) is 0 Å². The van der Waals surface area contributed by atoms with E-state index in [4.69, 9.17) is 0 Å². The molecule has 0 bridgehead atoms. The molecular formula is C10H10KN2O2P. The van der Waals surface area contributed by atoms with Crippen LogP contribution < -0.4 is 67.1 Å². The first-order valence-corrected chi connectivity index (χ1v) is 6.09. The SMILES string of the molecule is Cn1ccnc1P(=O)([O-])c1ccccc1.[K+]. The Morgan fingerprint density at radius 3 is 2.44 bits per heavy atom. The Morgan fingerprint density at radius 1 is 1.31 bits per heavy atom. The van der Waals surface area contributed by atoms with Gasteiger partial charge in [0.1, 0.15) is 7.37 Å². The van der Waals surface area contributed by atoms with E-state index in [1.807, 2.05) is 0 Å². The van der Waals surface area contributed by atoms with Crippen LogP contribution in [0.4, 0.5) is 0 Å². The van der Waals surface area contributed by atoms with Gasteiger partial charge in [0.15, 0.2) is 5.57 Å². The van der Waals surface area contributed by atoms with Gasteiger partial charge in [-0.2, -0.15) is 0 Å². The molecular weight excluding hydrogens is 250 g/mol. The maximum absolute atomic E-state index is 12.1. The molecule has 2 rings (SSSR count). The fraction of sp³-hybridized carbons (Fsp3) is 0.100. The van der Waals surface area contributed by atoms with Crippen molar-refractivity contribution in [1.29, 1.82) is 0 Å². The van der Waals surface area contributed by atoms with Gasteiger partial charge in [0.2, 0.25) is 0 Å². The van der Waals surface area contributed by atoms with Crippen molar-refractivity contribution in [3.63, 3.8) is 0 Å². The van der Waals surface area contributed by atoms with Gasteiger partial charge in [0.05, 0.1) is 0 Å². The zero-order valence-corrected chi connectivity index (χ0v) is 13.2. The number of aromatic nitrogens is 2. The molecule has 0 fully saturated rings. The number of imidazole rings is 1. The van der Waals surface area contributed by atoms with Crippen LogP contribution in [0.25, 0.3) is 0 Å². The van der Waals surface area contributed by atoms with Crippen molar-refractivity contribution in [2.75, 3.05) is 0 Å². The third-order valence-electron chi connectivity index (χ3n) is 2.16. The van der Waals surface area contributed by atoms with Crippen LogP contribution in [0.15, 0.2) is 42.7 Å². The average molecular weight is 260 g/mol. The number of benzene rings is 1. The van der Waals surface area contributed by atoms with Crippen LogP contribution in [0.5, 0.6) is 0 Å². The molecule has 78 valence electrons. The number of hydrogen-bond acceptors (Lipinski definition) is 3. The maximum atomic E-state index is 12.1. The second kappa shape index (κ2) is 5.73. The Balaban J connectivity index is 0.00000128. The van der Waals surface area contributed by atoms with E-state index >= 15 is 0 Å². The van der Waals surface area contributed by atoms with Gasteiger partial charge in [-0.1, -0.05) is 30.3 Å². The van der Waals surface area contributed by atoms with Crippen molar-refractivity contribution in [2.45, 2.75) is 0 Å². The minimum Gasteiger partial charge on any atom is -0.790 e. The molecule has 1 aromatic carbocycles. The van der Waals surface area contributed by atoms with E-state index in [-0.39, 0.29) is 57.0 Å². The van der Waals surface area contributed by atoms with E-state index in [0.717, 1.165) is 0 Å². The zero-order valence-electron chi connectivity index (χ0n) is 9.20. The summed E-state index contributed by atoms with van der Waals surface area (Å²) >= 11 is 0. The van der Waals surface area contributed by atoms with Gasteiger partial charge in [-0.3, -0.25) is 0 Å². The molecule has 1 atom stereocenters. The van der Waals surface area contributed by atoms with Crippen LogP contribution in [0.2, 0.25) is 0 Å². The Bertz CT molecular complexity index is 513. The molecule has 0 saturated heterocycles. The first-order chi connectivity index (χ1) is 7.12. The van der Waals surface area contributed by atoms with E-state index in [0.29, 0.717) is 5.30 Å². The van der Waals surface area contributed by atoms with Gasteiger partial charge >= 0.3 is 51.4 Å². The van der Waals surface area contributed by atoms with Gasteiger partial charge in [-0.05, 0) is 0 Å². The molecule has 16 heavy (non-hydrogen) atoms. The van der Waals surface area contributed by atoms with Crippen molar-refractivity contribution < 1.29 is 60.8 Å². The molecule has 0 saturated carbocycles. The summed E-state index contributed by atoms with van der Waals surface area (Å²) in [6.45, 7) is 0. The fourth-order valence-electron chi connectivity index (χ4n) is 1.38. The van der Waals surface area contributed by atoms with Gasteiger partial charge in [0, 0.05) is 24.7 Å². The molecule has 2 aromatic rings. The monoisotopic (exact) mass is 260 g/mol. The molecule has 1 heterocycles. The van der Waals surface area contributed by atoms with E-state index in [1.54, 1.807) is 43.6 Å². The van der Waals surface area contributed by atoms with Crippen LogP contribution in [0.3, 0.4) is 0 Å². The molecule has 6 heteroatoms. The largest absolute Gasteiger partial charge is 1.00 e. The van der Waals surface area contributed by atoms with Gasteiger partial charge in [0.25, 0.3) is 0 Å². The van der Waals surface area contributed by atoms with Crippen molar-refractivity contribution in [1.82, 2.24) is 9.55 Å². The molecule has 0 aliphatic carbocycles. The fourth-order valence-corrected chi connectivity index (χ4v) is 2.88. The summed E-state index contributed by atoms with van der Waals surface area (Å²) in [4.78, 5) is 15.9. The molecule has 0 aliphatic rings. The summed E-state index contributed by atoms with van der Waals surface area (Å²) in [5.74, 6) is 0. The maximum Gasteiger partial charge on any atom is 1.00 e. The van der Waals surface area contributed by atoms with Gasteiger partial charge in [-0.15, -0.1) is 0 Å². The van der Waals surface area contributed by atoms with E-state index in [9.17, 15) is 9.46 Å². The summed E-state index contributed by atoms with van der Waals surface area (Å²) < 4.78 is 13.6. The van der Waals surface area contributed by atoms with Crippen molar-refractivity contribution in [3.05, 3.63) is 42.7 Å². The molecule has 0 amide bonds. The summed E-state index contributed by atoms with van der Waals surface area (Å²) in [5, 5.41) is 0.291. The molecule has 4 nitrogen and oxygen atoms in total. The second-order valence-electron chi connectivity index (χ2n) is 3.23. The minimum absolute atomic E-state index is 0. The van der Waals surface area contributed by atoms with Crippen LogP contribution >= 0.6 is 7.37 Å². The van der Waals surface area contributed by atoms with E-state index < -0.39 is 7.37 Å². The predicted molar refractivity (Wildman–Crippen MR) is 56.5 cm³/mol. The smallest absolute Gasteiger partial charge is 0.790 e. The quantitative estimate of drug-likeness (QED) is 0.427.